The third kappa shape index (κ3) is 6.41. The van der Waals surface area contributed by atoms with Crippen LogP contribution in [-0.2, 0) is 20.0 Å². The molecule has 1 fully saturated rings. The first kappa shape index (κ1) is 31.4. The summed E-state index contributed by atoms with van der Waals surface area (Å²) in [5, 5.41) is 9.53. The molecule has 8 nitrogen and oxygen atoms in total. The van der Waals surface area contributed by atoms with Crippen LogP contribution < -0.4 is 5.32 Å². The molecule has 2 heterocycles. The van der Waals surface area contributed by atoms with Crippen molar-refractivity contribution in [1.82, 2.24) is 15.1 Å². The number of fused-ring (bicyclic) bond motifs is 1. The molecule has 2 aliphatic rings. The molecule has 232 valence electrons. The van der Waals surface area contributed by atoms with Crippen LogP contribution in [0.4, 0.5) is 0 Å². The van der Waals surface area contributed by atoms with E-state index < -0.39 is 17.7 Å². The van der Waals surface area contributed by atoms with Gasteiger partial charge in [0.15, 0.2) is 5.78 Å². The molecule has 0 saturated carbocycles. The third-order valence-electron chi connectivity index (χ3n) is 9.06. The Kier molecular flexibility index (Phi) is 9.79. The van der Waals surface area contributed by atoms with Gasteiger partial charge in [-0.2, -0.15) is 0 Å². The molecule has 2 aliphatic heterocycles. The van der Waals surface area contributed by atoms with Crippen LogP contribution in [0, 0.1) is 5.92 Å². The third-order valence-corrected chi connectivity index (χ3v) is 9.06. The summed E-state index contributed by atoms with van der Waals surface area (Å²) < 4.78 is 0. The molecular formula is C36H44N4O4. The lowest BCUT2D eigenvalue weighted by Gasteiger charge is -2.35. The van der Waals surface area contributed by atoms with E-state index in [1.807, 2.05) is 93.6 Å². The number of hydrogen-bond acceptors (Lipinski definition) is 6. The maximum atomic E-state index is 14.5. The van der Waals surface area contributed by atoms with Crippen molar-refractivity contribution in [3.63, 3.8) is 0 Å². The molecule has 0 aromatic heterocycles. The number of rotatable bonds is 11. The summed E-state index contributed by atoms with van der Waals surface area (Å²) in [6, 6.07) is 21.8. The molecule has 1 unspecified atom stereocenters. The first-order valence-corrected chi connectivity index (χ1v) is 15.9. The van der Waals surface area contributed by atoms with E-state index in [4.69, 9.17) is 4.84 Å². The van der Waals surface area contributed by atoms with Crippen LogP contribution in [0.5, 0.6) is 0 Å². The number of nitrogens with one attached hydrogen (secondary N) is 1. The highest BCUT2D eigenvalue weighted by Gasteiger charge is 2.52. The Hall–Kier alpha value is -4.04. The van der Waals surface area contributed by atoms with E-state index in [9.17, 15) is 14.4 Å². The van der Waals surface area contributed by atoms with Gasteiger partial charge in [-0.1, -0.05) is 99.1 Å². The molecule has 3 atom stereocenters. The quantitative estimate of drug-likeness (QED) is 0.313. The molecule has 0 aliphatic carbocycles. The van der Waals surface area contributed by atoms with E-state index in [1.165, 1.54) is 6.42 Å². The zero-order valence-corrected chi connectivity index (χ0v) is 26.3. The number of likely N-dealkylation sites (tertiary alicyclic amines) is 1. The molecule has 1 N–H and O–H groups in total. The second kappa shape index (κ2) is 13.7. The van der Waals surface area contributed by atoms with Gasteiger partial charge in [-0.15, -0.1) is 0 Å². The topological polar surface area (TPSA) is 91.3 Å². The summed E-state index contributed by atoms with van der Waals surface area (Å²) in [4.78, 5) is 51.5. The highest BCUT2D eigenvalue weighted by Crippen LogP contribution is 2.39. The first-order valence-electron chi connectivity index (χ1n) is 15.9. The molecule has 5 rings (SSSR count). The molecule has 3 aromatic carbocycles. The van der Waals surface area contributed by atoms with Crippen LogP contribution in [0.2, 0.25) is 0 Å². The van der Waals surface area contributed by atoms with Gasteiger partial charge in [0, 0.05) is 24.6 Å². The molecule has 1 saturated heterocycles. The lowest BCUT2D eigenvalue weighted by Crippen LogP contribution is -2.54. The van der Waals surface area contributed by atoms with Crippen LogP contribution >= 0.6 is 0 Å². The number of nitrogens with zero attached hydrogens (tertiary/aromatic N) is 3. The van der Waals surface area contributed by atoms with Crippen molar-refractivity contribution in [2.24, 2.45) is 11.1 Å². The van der Waals surface area contributed by atoms with E-state index in [1.54, 1.807) is 11.9 Å². The predicted octanol–water partition coefficient (Wildman–Crippen LogP) is 5.56. The van der Waals surface area contributed by atoms with Crippen LogP contribution in [0.1, 0.15) is 68.8 Å². The van der Waals surface area contributed by atoms with E-state index in [0.29, 0.717) is 29.8 Å². The Morgan fingerprint density at radius 2 is 1.64 bits per heavy atom. The molecule has 0 bridgehead atoms. The molecule has 3 aromatic rings. The fraction of sp³-hybridized carbons (Fsp3) is 0.444. The highest BCUT2D eigenvalue weighted by atomic mass is 16.7. The van der Waals surface area contributed by atoms with E-state index >= 15 is 0 Å². The van der Waals surface area contributed by atoms with Crippen LogP contribution in [-0.4, -0.2) is 71.9 Å². The van der Waals surface area contributed by atoms with Gasteiger partial charge >= 0.3 is 0 Å². The van der Waals surface area contributed by atoms with E-state index in [2.05, 4.69) is 15.4 Å². The molecule has 8 heteroatoms. The number of carbonyl (C=O) groups is 3. The number of Topliss-reactive ketones (excluding diaryl/α,β-unsaturated/α-hetero) is 1. The Bertz CT molecular complexity index is 1510. The zero-order chi connectivity index (χ0) is 31.3. The Morgan fingerprint density at radius 3 is 2.34 bits per heavy atom. The first-order chi connectivity index (χ1) is 21.2. The minimum Gasteiger partial charge on any atom is -0.374 e. The zero-order valence-electron chi connectivity index (χ0n) is 26.3. The smallest absolute Gasteiger partial charge is 0.275 e. The SMILES string of the molecule is CC[C@@H](C(=O)CN1CCCCC1)N(C)C(=O)C1(c2ccccc2)CC([C@@H](NC(=O)c2cccc3ccccc23)C(C)C)=NO1. The van der Waals surface area contributed by atoms with Crippen molar-refractivity contribution in [3.05, 3.63) is 83.9 Å². The summed E-state index contributed by atoms with van der Waals surface area (Å²) in [5.74, 6) is -0.511. The van der Waals surface area contributed by atoms with Crippen molar-refractivity contribution in [1.29, 1.82) is 0 Å². The Labute approximate surface area is 260 Å². The van der Waals surface area contributed by atoms with Crippen molar-refractivity contribution in [2.45, 2.75) is 70.6 Å². The minimum absolute atomic E-state index is 0.0230. The van der Waals surface area contributed by atoms with Crippen LogP contribution in [0.25, 0.3) is 10.8 Å². The molecule has 0 spiro atoms. The van der Waals surface area contributed by atoms with E-state index in [-0.39, 0.29) is 29.9 Å². The number of benzene rings is 3. The largest absolute Gasteiger partial charge is 0.374 e. The van der Waals surface area contributed by atoms with E-state index in [0.717, 1.165) is 36.7 Å². The second-order valence-corrected chi connectivity index (χ2v) is 12.4. The minimum atomic E-state index is -1.44. The lowest BCUT2D eigenvalue weighted by molar-refractivity contribution is -0.160. The molecule has 2 amide bonds. The van der Waals surface area contributed by atoms with Gasteiger partial charge in [0.2, 0.25) is 5.60 Å². The number of piperidine rings is 1. The van der Waals surface area contributed by atoms with Crippen molar-refractivity contribution in [2.75, 3.05) is 26.7 Å². The van der Waals surface area contributed by atoms with Crippen LogP contribution in [0.3, 0.4) is 0 Å². The molecule has 44 heavy (non-hydrogen) atoms. The normalized spacial score (nSPS) is 20.1. The summed E-state index contributed by atoms with van der Waals surface area (Å²) in [7, 11) is 1.69. The Morgan fingerprint density at radius 1 is 0.955 bits per heavy atom. The number of oxime groups is 1. The van der Waals surface area contributed by atoms with Crippen LogP contribution in [0.15, 0.2) is 78.0 Å². The van der Waals surface area contributed by atoms with Crippen molar-refractivity contribution in [3.8, 4) is 0 Å². The summed E-state index contributed by atoms with van der Waals surface area (Å²) in [5.41, 5.74) is 0.390. The van der Waals surface area contributed by atoms with Gasteiger partial charge in [0.25, 0.3) is 11.8 Å². The highest BCUT2D eigenvalue weighted by molar-refractivity contribution is 6.09. The summed E-state index contributed by atoms with van der Waals surface area (Å²) >= 11 is 0. The Balaban J connectivity index is 1.39. The van der Waals surface area contributed by atoms with Gasteiger partial charge in [0.05, 0.1) is 24.3 Å². The lowest BCUT2D eigenvalue weighted by atomic mass is 9.83. The average Bonchev–Trinajstić information content (AvgIpc) is 3.50. The average molecular weight is 597 g/mol. The fourth-order valence-corrected chi connectivity index (χ4v) is 6.59. The number of carbonyl (C=O) groups excluding carboxylic acids is 3. The summed E-state index contributed by atoms with van der Waals surface area (Å²) in [6.07, 6.45) is 4.05. The predicted molar refractivity (Wildman–Crippen MR) is 173 cm³/mol. The maximum Gasteiger partial charge on any atom is 0.275 e. The molecule has 0 radical (unpaired) electrons. The van der Waals surface area contributed by atoms with Gasteiger partial charge in [-0.3, -0.25) is 19.3 Å². The van der Waals surface area contributed by atoms with Gasteiger partial charge in [-0.25, -0.2) is 0 Å². The maximum absolute atomic E-state index is 14.5. The number of likely N-dealkylation sites (N-methyl/N-ethyl adjacent to an activating group) is 1. The van der Waals surface area contributed by atoms with Crippen molar-refractivity contribution >= 4 is 34.1 Å². The monoisotopic (exact) mass is 596 g/mol. The number of amides is 2. The molecular weight excluding hydrogens is 552 g/mol. The second-order valence-electron chi connectivity index (χ2n) is 12.4. The van der Waals surface area contributed by atoms with Gasteiger partial charge < -0.3 is 15.1 Å². The van der Waals surface area contributed by atoms with Gasteiger partial charge in [0.1, 0.15) is 0 Å². The van der Waals surface area contributed by atoms with Gasteiger partial charge in [-0.05, 0) is 55.1 Å². The summed E-state index contributed by atoms with van der Waals surface area (Å²) in [6.45, 7) is 8.13. The fourth-order valence-electron chi connectivity index (χ4n) is 6.59. The van der Waals surface area contributed by atoms with Crippen molar-refractivity contribution < 1.29 is 19.2 Å². The standard InChI is InChI=1S/C36H44N4O4/c1-5-31(32(41)24-40-21-12-7-13-22-40)39(4)35(43)36(27-17-8-6-9-18-27)23-30(38-44-36)33(25(2)3)37-34(42)29-20-14-16-26-15-10-11-19-28(26)29/h6,8-11,14-20,25,31,33H,5,7,12-13,21-24H2,1-4H3,(H,37,42)/t31-,33-,36?/m0/s1. The number of ketones is 1. The number of hydrogen-bond donors (Lipinski definition) is 1.